The highest BCUT2D eigenvalue weighted by Crippen LogP contribution is 2.30. The number of hydrogen-bond acceptors (Lipinski definition) is 5. The number of ether oxygens (including phenoxy) is 1. The van der Waals surface area contributed by atoms with Gasteiger partial charge in [-0.1, -0.05) is 12.1 Å². The lowest BCUT2D eigenvalue weighted by molar-refractivity contribution is -0.137. The molecule has 11 heteroatoms. The van der Waals surface area contributed by atoms with Crippen LogP contribution >= 0.6 is 0 Å². The van der Waals surface area contributed by atoms with Crippen molar-refractivity contribution in [1.29, 1.82) is 0 Å². The highest BCUT2D eigenvalue weighted by molar-refractivity contribution is 5.94. The summed E-state index contributed by atoms with van der Waals surface area (Å²) in [4.78, 5) is 30.8. The van der Waals surface area contributed by atoms with Crippen LogP contribution in [0.1, 0.15) is 5.56 Å². The number of carbonyl (C=O) groups excluding carboxylic acids is 1. The fraction of sp³-hybridized carbons (Fsp3) is 0.100. The van der Waals surface area contributed by atoms with Gasteiger partial charge in [0.15, 0.2) is 12.3 Å². The van der Waals surface area contributed by atoms with Gasteiger partial charge >= 0.3 is 6.18 Å². The van der Waals surface area contributed by atoms with E-state index in [0.29, 0.717) is 17.0 Å². The zero-order chi connectivity index (χ0) is 22.0. The zero-order valence-electron chi connectivity index (χ0n) is 15.7. The van der Waals surface area contributed by atoms with Crippen LogP contribution in [0.5, 0.6) is 5.75 Å². The van der Waals surface area contributed by atoms with E-state index in [4.69, 9.17) is 4.74 Å². The number of nitrogens with one attached hydrogen (secondary N) is 2. The third-order valence-corrected chi connectivity index (χ3v) is 4.33. The standard InChI is InChI=1S/C20H14F3N5O3/c21-20(22,23)12-5-7-13(8-6-12)31-10-17(29)27-15-3-1-2-4-16(15)28-18-14(9-26-28)19(30)25-11-24-18/h1-9,11H,10H2,(H,27,29)(H,24,25,30). The molecule has 158 valence electrons. The molecule has 2 aromatic carbocycles. The van der Waals surface area contributed by atoms with Crippen LogP contribution in [-0.4, -0.2) is 32.3 Å². The van der Waals surface area contributed by atoms with Crippen LogP contribution in [0.4, 0.5) is 18.9 Å². The van der Waals surface area contributed by atoms with Gasteiger partial charge in [-0.2, -0.15) is 18.3 Å². The predicted octanol–water partition coefficient (Wildman–Crippen LogP) is 3.15. The number of anilines is 1. The monoisotopic (exact) mass is 429 g/mol. The first-order valence-electron chi connectivity index (χ1n) is 8.93. The Bertz CT molecular complexity index is 1300. The molecule has 0 aliphatic rings. The largest absolute Gasteiger partial charge is 0.484 e. The number of hydrogen-bond donors (Lipinski definition) is 2. The van der Waals surface area contributed by atoms with Gasteiger partial charge in [-0.05, 0) is 36.4 Å². The van der Waals surface area contributed by atoms with Gasteiger partial charge in [-0.25, -0.2) is 9.67 Å². The van der Waals surface area contributed by atoms with Crippen molar-refractivity contribution in [3.63, 3.8) is 0 Å². The van der Waals surface area contributed by atoms with E-state index in [2.05, 4.69) is 20.4 Å². The molecule has 0 saturated heterocycles. The third kappa shape index (κ3) is 4.25. The second-order valence-electron chi connectivity index (χ2n) is 6.40. The smallest absolute Gasteiger partial charge is 0.416 e. The maximum absolute atomic E-state index is 12.6. The first-order valence-corrected chi connectivity index (χ1v) is 8.93. The maximum Gasteiger partial charge on any atom is 0.416 e. The van der Waals surface area contributed by atoms with Crippen molar-refractivity contribution in [2.75, 3.05) is 11.9 Å². The first-order chi connectivity index (χ1) is 14.8. The van der Waals surface area contributed by atoms with E-state index in [0.717, 1.165) is 24.3 Å². The molecule has 0 radical (unpaired) electrons. The van der Waals surface area contributed by atoms with Crippen molar-refractivity contribution in [3.8, 4) is 11.4 Å². The van der Waals surface area contributed by atoms with E-state index in [9.17, 15) is 22.8 Å². The fourth-order valence-electron chi connectivity index (χ4n) is 2.87. The number of amides is 1. The van der Waals surface area contributed by atoms with Crippen LogP contribution in [0.25, 0.3) is 16.7 Å². The van der Waals surface area contributed by atoms with E-state index >= 15 is 0 Å². The summed E-state index contributed by atoms with van der Waals surface area (Å²) >= 11 is 0. The zero-order valence-corrected chi connectivity index (χ0v) is 15.7. The van der Waals surface area contributed by atoms with Gasteiger partial charge in [0.05, 0.1) is 29.5 Å². The van der Waals surface area contributed by atoms with E-state index in [1.54, 1.807) is 24.3 Å². The lowest BCUT2D eigenvalue weighted by Gasteiger charge is -2.12. The molecule has 0 aliphatic heterocycles. The van der Waals surface area contributed by atoms with Crippen LogP contribution in [-0.2, 0) is 11.0 Å². The van der Waals surface area contributed by atoms with Gasteiger partial charge in [0.25, 0.3) is 11.5 Å². The minimum Gasteiger partial charge on any atom is -0.484 e. The molecular formula is C20H14F3N5O3. The molecule has 31 heavy (non-hydrogen) atoms. The molecule has 0 unspecified atom stereocenters. The second kappa shape index (κ2) is 7.94. The Morgan fingerprint density at radius 3 is 2.61 bits per heavy atom. The Labute approximate surface area is 172 Å². The van der Waals surface area contributed by atoms with Crippen LogP contribution < -0.4 is 15.6 Å². The van der Waals surface area contributed by atoms with Crippen molar-refractivity contribution in [2.24, 2.45) is 0 Å². The van der Waals surface area contributed by atoms with E-state index in [1.807, 2.05) is 0 Å². The number of carbonyl (C=O) groups is 1. The van der Waals surface area contributed by atoms with Crippen molar-refractivity contribution in [3.05, 3.63) is 77.0 Å². The lowest BCUT2D eigenvalue weighted by atomic mass is 10.2. The fourth-order valence-corrected chi connectivity index (χ4v) is 2.87. The Morgan fingerprint density at radius 1 is 1.13 bits per heavy atom. The Morgan fingerprint density at radius 2 is 1.87 bits per heavy atom. The van der Waals surface area contributed by atoms with Gasteiger partial charge in [0.2, 0.25) is 0 Å². The maximum atomic E-state index is 12.6. The third-order valence-electron chi connectivity index (χ3n) is 4.33. The van der Waals surface area contributed by atoms with Crippen LogP contribution in [0.3, 0.4) is 0 Å². The normalized spacial score (nSPS) is 11.5. The van der Waals surface area contributed by atoms with Crippen LogP contribution in [0, 0.1) is 0 Å². The predicted molar refractivity (Wildman–Crippen MR) is 105 cm³/mol. The molecule has 0 fully saturated rings. The van der Waals surface area contributed by atoms with Crippen molar-refractivity contribution >= 4 is 22.6 Å². The van der Waals surface area contributed by atoms with Crippen molar-refractivity contribution < 1.29 is 22.7 Å². The van der Waals surface area contributed by atoms with Crippen LogP contribution in [0.2, 0.25) is 0 Å². The molecule has 1 amide bonds. The molecule has 4 rings (SSSR count). The van der Waals surface area contributed by atoms with Gasteiger partial charge in [-0.15, -0.1) is 0 Å². The molecule has 2 heterocycles. The number of rotatable bonds is 5. The van der Waals surface area contributed by atoms with Crippen molar-refractivity contribution in [1.82, 2.24) is 19.7 Å². The summed E-state index contributed by atoms with van der Waals surface area (Å²) in [6.45, 7) is -0.419. The van der Waals surface area contributed by atoms with E-state index < -0.39 is 24.3 Å². The van der Waals surface area contributed by atoms with Gasteiger partial charge in [0.1, 0.15) is 11.1 Å². The SMILES string of the molecule is O=C(COc1ccc(C(F)(F)F)cc1)Nc1ccccc1-n1ncc2c(=O)[nH]cnc21. The molecule has 0 spiro atoms. The number of halogens is 3. The lowest BCUT2D eigenvalue weighted by Crippen LogP contribution is -2.21. The Hall–Kier alpha value is -4.15. The number of para-hydroxylation sites is 2. The quantitative estimate of drug-likeness (QED) is 0.508. The summed E-state index contributed by atoms with van der Waals surface area (Å²) < 4.78 is 44.5. The highest BCUT2D eigenvalue weighted by Gasteiger charge is 2.30. The number of nitrogens with zero attached hydrogens (tertiary/aromatic N) is 3. The molecule has 2 N–H and O–H groups in total. The summed E-state index contributed by atoms with van der Waals surface area (Å²) in [5.41, 5.74) is 0.0142. The summed E-state index contributed by atoms with van der Waals surface area (Å²) in [7, 11) is 0. The molecule has 0 atom stereocenters. The second-order valence-corrected chi connectivity index (χ2v) is 6.40. The number of fused-ring (bicyclic) bond motifs is 1. The summed E-state index contributed by atoms with van der Waals surface area (Å²) in [6, 6.07) is 10.8. The number of aromatic amines is 1. The average molecular weight is 429 g/mol. The minimum absolute atomic E-state index is 0.123. The molecule has 4 aromatic rings. The molecule has 0 saturated carbocycles. The van der Waals surface area contributed by atoms with Gasteiger partial charge in [-0.3, -0.25) is 9.59 Å². The number of benzene rings is 2. The molecule has 0 bridgehead atoms. The van der Waals surface area contributed by atoms with Crippen molar-refractivity contribution in [2.45, 2.75) is 6.18 Å². The van der Waals surface area contributed by atoms with Crippen LogP contribution in [0.15, 0.2) is 65.8 Å². The summed E-state index contributed by atoms with van der Waals surface area (Å²) in [5.74, 6) is -0.410. The van der Waals surface area contributed by atoms with Gasteiger partial charge in [0, 0.05) is 0 Å². The first kappa shape index (κ1) is 20.1. The Balaban J connectivity index is 1.49. The topological polar surface area (TPSA) is 102 Å². The van der Waals surface area contributed by atoms with Gasteiger partial charge < -0.3 is 15.0 Å². The van der Waals surface area contributed by atoms with E-state index in [-0.39, 0.29) is 16.7 Å². The number of H-pyrrole nitrogens is 1. The highest BCUT2D eigenvalue weighted by atomic mass is 19.4. The Kier molecular flexibility index (Phi) is 5.15. The molecule has 0 aliphatic carbocycles. The summed E-state index contributed by atoms with van der Waals surface area (Å²) in [6.07, 6.45) is -1.83. The number of alkyl halides is 3. The minimum atomic E-state index is -4.45. The molecule has 2 aromatic heterocycles. The number of aromatic nitrogens is 4. The molecule has 8 nitrogen and oxygen atoms in total. The average Bonchev–Trinajstić information content (AvgIpc) is 3.18. The van der Waals surface area contributed by atoms with E-state index in [1.165, 1.54) is 17.2 Å². The summed E-state index contributed by atoms with van der Waals surface area (Å²) in [5, 5.41) is 7.13. The molecular weight excluding hydrogens is 415 g/mol.